The first-order valence-electron chi connectivity index (χ1n) is 19.4. The van der Waals surface area contributed by atoms with Crippen LogP contribution in [0.5, 0.6) is 0 Å². The lowest BCUT2D eigenvalue weighted by atomic mass is 9.32. The summed E-state index contributed by atoms with van der Waals surface area (Å²) in [4.78, 5) is 5.29. The van der Waals surface area contributed by atoms with Crippen molar-refractivity contribution >= 4 is 57.2 Å². The zero-order chi connectivity index (χ0) is 33.7. The van der Waals surface area contributed by atoms with E-state index in [-0.39, 0.29) is 17.5 Å². The van der Waals surface area contributed by atoms with Gasteiger partial charge in [0.2, 0.25) is 0 Å². The van der Waals surface area contributed by atoms with Crippen LogP contribution >= 0.6 is 0 Å². The number of anilines is 6. The molecule has 4 saturated carbocycles. The minimum Gasteiger partial charge on any atom is -0.311 e. The van der Waals surface area contributed by atoms with Crippen molar-refractivity contribution in [3.63, 3.8) is 0 Å². The molecule has 1 spiro atoms. The van der Waals surface area contributed by atoms with Gasteiger partial charge in [-0.05, 0) is 142 Å². The Balaban J connectivity index is 1.22. The first-order chi connectivity index (χ1) is 24.2. The number of hydrogen-bond donors (Lipinski definition) is 0. The molecule has 4 aliphatic carbocycles. The number of hydrogen-bond acceptors (Lipinski definition) is 2. The van der Waals surface area contributed by atoms with Crippen molar-refractivity contribution < 1.29 is 0 Å². The molecule has 0 N–H and O–H groups in total. The van der Waals surface area contributed by atoms with Crippen LogP contribution in [-0.2, 0) is 10.8 Å². The van der Waals surface area contributed by atoms with E-state index in [1.807, 2.05) is 0 Å². The van der Waals surface area contributed by atoms with Crippen LogP contribution in [0.3, 0.4) is 0 Å². The zero-order valence-corrected chi connectivity index (χ0v) is 30.2. The summed E-state index contributed by atoms with van der Waals surface area (Å²) in [5.41, 5.74) is 18.7. The van der Waals surface area contributed by atoms with Crippen LogP contribution < -0.4 is 26.2 Å². The largest absolute Gasteiger partial charge is 0.311 e. The third kappa shape index (κ3) is 3.67. The van der Waals surface area contributed by atoms with Gasteiger partial charge in [0, 0.05) is 33.9 Å². The van der Waals surface area contributed by atoms with Gasteiger partial charge in [0.05, 0.1) is 5.69 Å². The summed E-state index contributed by atoms with van der Waals surface area (Å²) in [5, 5.41) is 0. The van der Waals surface area contributed by atoms with Crippen LogP contribution in [0.25, 0.3) is 0 Å². The highest BCUT2D eigenvalue weighted by Gasteiger charge is 2.62. The van der Waals surface area contributed by atoms with E-state index >= 15 is 0 Å². The molecule has 248 valence electrons. The Labute approximate surface area is 298 Å². The highest BCUT2D eigenvalue weighted by molar-refractivity contribution is 7.00. The molecule has 5 aromatic rings. The van der Waals surface area contributed by atoms with Crippen LogP contribution in [0, 0.1) is 23.7 Å². The highest BCUT2D eigenvalue weighted by Crippen LogP contribution is 2.69. The van der Waals surface area contributed by atoms with Gasteiger partial charge in [0.25, 0.3) is 6.71 Å². The Hall–Kier alpha value is -4.24. The van der Waals surface area contributed by atoms with Gasteiger partial charge >= 0.3 is 0 Å². The Bertz CT molecular complexity index is 2210. The smallest absolute Gasteiger partial charge is 0.252 e. The maximum Gasteiger partial charge on any atom is 0.252 e. The van der Waals surface area contributed by atoms with Crippen LogP contribution in [0.15, 0.2) is 103 Å². The van der Waals surface area contributed by atoms with E-state index in [1.54, 1.807) is 11.1 Å². The average molecular weight is 651 g/mol. The Morgan fingerprint density at radius 3 is 2.02 bits per heavy atom. The number of nitrogens with zero attached hydrogens (tertiary/aromatic N) is 2. The third-order valence-corrected chi connectivity index (χ3v) is 14.1. The van der Waals surface area contributed by atoms with E-state index < -0.39 is 0 Å². The Morgan fingerprint density at radius 1 is 0.620 bits per heavy atom. The summed E-state index contributed by atoms with van der Waals surface area (Å²) in [7, 11) is 0. The van der Waals surface area contributed by atoms with Crippen molar-refractivity contribution in [2.24, 2.45) is 23.7 Å². The molecule has 0 atom stereocenters. The normalized spacial score (nSPS) is 26.2. The molecule has 3 heteroatoms. The van der Waals surface area contributed by atoms with Crippen molar-refractivity contribution in [3.8, 4) is 0 Å². The number of para-hydroxylation sites is 2. The molecule has 5 aromatic carbocycles. The fourth-order valence-electron chi connectivity index (χ4n) is 12.3. The quantitative estimate of drug-likeness (QED) is 0.172. The fourth-order valence-corrected chi connectivity index (χ4v) is 12.3. The van der Waals surface area contributed by atoms with Gasteiger partial charge < -0.3 is 9.80 Å². The molecule has 0 amide bonds. The SMILES string of the molecule is CC(C)c1ccc2c(c1)B1c3cccc4c3N(c3ccccc3C43C4CC5CC(C4)CC3C5)c3cccc(c31)N2c1cccc(C(C)(C)C)c1. The van der Waals surface area contributed by atoms with Crippen molar-refractivity contribution in [2.45, 2.75) is 83.5 Å². The second-order valence-electron chi connectivity index (χ2n) is 18.0. The number of benzene rings is 5. The van der Waals surface area contributed by atoms with Gasteiger partial charge in [-0.25, -0.2) is 0 Å². The second-order valence-corrected chi connectivity index (χ2v) is 18.0. The molecule has 0 saturated heterocycles. The van der Waals surface area contributed by atoms with Gasteiger partial charge in [-0.15, -0.1) is 0 Å². The van der Waals surface area contributed by atoms with Crippen molar-refractivity contribution in [3.05, 3.63) is 125 Å². The molecule has 2 nitrogen and oxygen atoms in total. The highest BCUT2D eigenvalue weighted by atomic mass is 15.2. The molecule has 0 radical (unpaired) electrons. The molecule has 3 aliphatic heterocycles. The molecular weight excluding hydrogens is 603 g/mol. The van der Waals surface area contributed by atoms with Crippen LogP contribution in [0.2, 0.25) is 0 Å². The minimum atomic E-state index is 0.0650. The minimum absolute atomic E-state index is 0.0650. The predicted octanol–water partition coefficient (Wildman–Crippen LogP) is 10.2. The van der Waals surface area contributed by atoms with Crippen LogP contribution in [-0.4, -0.2) is 6.71 Å². The molecule has 12 rings (SSSR count). The predicted molar refractivity (Wildman–Crippen MR) is 211 cm³/mol. The Morgan fingerprint density at radius 2 is 1.28 bits per heavy atom. The number of fused-ring (bicyclic) bond motifs is 6. The maximum absolute atomic E-state index is 2.71. The molecule has 4 fully saturated rings. The van der Waals surface area contributed by atoms with Gasteiger partial charge in [-0.1, -0.05) is 101 Å². The summed E-state index contributed by atoms with van der Waals surface area (Å²) >= 11 is 0. The standard InChI is InChI=1S/C47H47BN2/c1-28(2)31-19-20-41-39(26-31)48-38-15-9-14-37-45(38)50(40-16-7-6-13-36(40)47(37)33-22-29-21-30(24-33)25-34(47)23-29)43-18-10-17-42(44(43)48)49(41)35-12-8-11-32(27-35)46(3,4)5/h6-20,26-30,33-34H,21-25H2,1-5H3. The average Bonchev–Trinajstić information content (AvgIpc) is 3.11. The Kier molecular flexibility index (Phi) is 5.88. The topological polar surface area (TPSA) is 6.48 Å². The van der Waals surface area contributed by atoms with Crippen molar-refractivity contribution in [1.29, 1.82) is 0 Å². The van der Waals surface area contributed by atoms with Gasteiger partial charge in [-0.3, -0.25) is 0 Å². The summed E-state index contributed by atoms with van der Waals surface area (Å²) < 4.78 is 0. The van der Waals surface area contributed by atoms with Crippen LogP contribution in [0.1, 0.15) is 94.9 Å². The van der Waals surface area contributed by atoms with Crippen LogP contribution in [0.4, 0.5) is 34.1 Å². The summed E-state index contributed by atoms with van der Waals surface area (Å²) in [6, 6.07) is 40.9. The van der Waals surface area contributed by atoms with E-state index in [4.69, 9.17) is 0 Å². The molecule has 0 aromatic heterocycles. The number of rotatable bonds is 2. The van der Waals surface area contributed by atoms with E-state index in [1.165, 1.54) is 93.7 Å². The fraction of sp³-hybridized carbons (Fsp3) is 0.362. The summed E-state index contributed by atoms with van der Waals surface area (Å²) in [6.45, 7) is 11.8. The molecule has 4 bridgehead atoms. The van der Waals surface area contributed by atoms with Crippen molar-refractivity contribution in [1.82, 2.24) is 0 Å². The third-order valence-electron chi connectivity index (χ3n) is 14.1. The van der Waals surface area contributed by atoms with E-state index in [0.29, 0.717) is 5.92 Å². The maximum atomic E-state index is 2.71. The lowest BCUT2D eigenvalue weighted by Gasteiger charge is -2.64. The lowest BCUT2D eigenvalue weighted by Crippen LogP contribution is -2.64. The molecule has 3 heterocycles. The first-order valence-corrected chi connectivity index (χ1v) is 19.4. The van der Waals surface area contributed by atoms with Gasteiger partial charge in [0.1, 0.15) is 0 Å². The molecule has 7 aliphatic rings. The zero-order valence-electron chi connectivity index (χ0n) is 30.2. The van der Waals surface area contributed by atoms with Gasteiger partial charge in [-0.2, -0.15) is 0 Å². The molecule has 0 unspecified atom stereocenters. The van der Waals surface area contributed by atoms with E-state index in [2.05, 4.69) is 148 Å². The van der Waals surface area contributed by atoms with Crippen molar-refractivity contribution in [2.75, 3.05) is 9.80 Å². The van der Waals surface area contributed by atoms with E-state index in [9.17, 15) is 0 Å². The summed E-state index contributed by atoms with van der Waals surface area (Å²) in [5.74, 6) is 3.79. The first kappa shape index (κ1) is 29.5. The van der Waals surface area contributed by atoms with E-state index in [0.717, 1.165) is 23.7 Å². The summed E-state index contributed by atoms with van der Waals surface area (Å²) in [6.07, 6.45) is 7.08. The monoisotopic (exact) mass is 650 g/mol. The lowest BCUT2D eigenvalue weighted by molar-refractivity contribution is -0.0419. The van der Waals surface area contributed by atoms with Gasteiger partial charge in [0.15, 0.2) is 0 Å². The second kappa shape index (κ2) is 9.96. The molecule has 50 heavy (non-hydrogen) atoms. The molecular formula is C47H47BN2.